The van der Waals surface area contributed by atoms with Gasteiger partial charge in [0.2, 0.25) is 5.91 Å². The summed E-state index contributed by atoms with van der Waals surface area (Å²) >= 11 is 0. The Morgan fingerprint density at radius 1 is 1.30 bits per heavy atom. The molecular formula is C16H15FN2O. The summed E-state index contributed by atoms with van der Waals surface area (Å²) in [5, 5.41) is 2.83. The molecule has 1 amide bonds. The van der Waals surface area contributed by atoms with Gasteiger partial charge in [0.1, 0.15) is 11.6 Å². The highest BCUT2D eigenvalue weighted by molar-refractivity contribution is 5.94. The van der Waals surface area contributed by atoms with Crippen LogP contribution in [0.25, 0.3) is 0 Å². The summed E-state index contributed by atoms with van der Waals surface area (Å²) in [6, 6.07) is 10.1. The number of hydrogen-bond donors (Lipinski definition) is 1. The molecular weight excluding hydrogens is 255 g/mol. The third-order valence-corrected chi connectivity index (χ3v) is 3.59. The zero-order valence-electron chi connectivity index (χ0n) is 11.1. The van der Waals surface area contributed by atoms with Crippen LogP contribution in [-0.4, -0.2) is 10.9 Å². The molecule has 1 aliphatic carbocycles. The number of carbonyl (C=O) groups excluding carboxylic acids is 1. The molecule has 1 aliphatic rings. The van der Waals surface area contributed by atoms with E-state index in [1.807, 2.05) is 19.1 Å². The summed E-state index contributed by atoms with van der Waals surface area (Å²) < 4.78 is 12.9. The number of aryl methyl sites for hydroxylation is 1. The fraction of sp³-hybridized carbons (Fsp3) is 0.250. The maximum atomic E-state index is 12.9. The summed E-state index contributed by atoms with van der Waals surface area (Å²) in [5.41, 5.74) is 2.07. The molecule has 0 bridgehead atoms. The number of anilines is 1. The number of halogens is 1. The molecule has 0 spiro atoms. The molecule has 3 nitrogen and oxygen atoms in total. The number of carbonyl (C=O) groups is 1. The van der Waals surface area contributed by atoms with Crippen LogP contribution < -0.4 is 5.32 Å². The largest absolute Gasteiger partial charge is 0.310 e. The molecule has 1 N–H and O–H groups in total. The zero-order chi connectivity index (χ0) is 14.1. The molecule has 4 heteroatoms. The van der Waals surface area contributed by atoms with Crippen molar-refractivity contribution < 1.29 is 9.18 Å². The van der Waals surface area contributed by atoms with E-state index in [0.29, 0.717) is 5.82 Å². The number of amides is 1. The first kappa shape index (κ1) is 12.8. The van der Waals surface area contributed by atoms with Crippen molar-refractivity contribution in [1.82, 2.24) is 4.98 Å². The summed E-state index contributed by atoms with van der Waals surface area (Å²) in [7, 11) is 0. The molecule has 0 saturated heterocycles. The Kier molecular flexibility index (Phi) is 3.22. The highest BCUT2D eigenvalue weighted by atomic mass is 19.1. The first-order valence-electron chi connectivity index (χ1n) is 6.62. The van der Waals surface area contributed by atoms with Gasteiger partial charge in [0.25, 0.3) is 0 Å². The lowest BCUT2D eigenvalue weighted by Gasteiger charge is -2.05. The average Bonchev–Trinajstić information content (AvgIpc) is 3.20. The summed E-state index contributed by atoms with van der Waals surface area (Å²) in [6.45, 7) is 1.95. The quantitative estimate of drug-likeness (QED) is 0.930. The van der Waals surface area contributed by atoms with Crippen molar-refractivity contribution in [3.05, 3.63) is 59.5 Å². The molecule has 2 aromatic rings. The molecule has 1 fully saturated rings. The van der Waals surface area contributed by atoms with Crippen LogP contribution in [0.4, 0.5) is 10.2 Å². The number of nitrogens with zero attached hydrogens (tertiary/aromatic N) is 1. The molecule has 20 heavy (non-hydrogen) atoms. The highest BCUT2D eigenvalue weighted by Crippen LogP contribution is 2.47. The molecule has 0 radical (unpaired) electrons. The predicted octanol–water partition coefficient (Wildman–Crippen LogP) is 3.27. The number of nitrogens with one attached hydrogen (secondary N) is 1. The van der Waals surface area contributed by atoms with Gasteiger partial charge >= 0.3 is 0 Å². The van der Waals surface area contributed by atoms with Gasteiger partial charge in [0, 0.05) is 12.1 Å². The number of pyridine rings is 1. The zero-order valence-corrected chi connectivity index (χ0v) is 11.1. The Bertz CT molecular complexity index is 639. The average molecular weight is 270 g/mol. The van der Waals surface area contributed by atoms with Crippen molar-refractivity contribution in [2.45, 2.75) is 19.3 Å². The number of hydrogen-bond acceptors (Lipinski definition) is 2. The van der Waals surface area contributed by atoms with E-state index < -0.39 is 0 Å². The van der Waals surface area contributed by atoms with E-state index >= 15 is 0 Å². The van der Waals surface area contributed by atoms with Crippen LogP contribution in [-0.2, 0) is 4.79 Å². The smallest absolute Gasteiger partial charge is 0.229 e. The van der Waals surface area contributed by atoms with Gasteiger partial charge in [-0.15, -0.1) is 0 Å². The van der Waals surface area contributed by atoms with E-state index in [0.717, 1.165) is 17.5 Å². The number of aromatic nitrogens is 1. The predicted molar refractivity (Wildman–Crippen MR) is 74.9 cm³/mol. The van der Waals surface area contributed by atoms with Crippen LogP contribution in [0.15, 0.2) is 42.6 Å². The second-order valence-corrected chi connectivity index (χ2v) is 5.21. The Balaban J connectivity index is 1.64. The molecule has 3 rings (SSSR count). The fourth-order valence-corrected chi connectivity index (χ4v) is 2.39. The van der Waals surface area contributed by atoms with Crippen LogP contribution >= 0.6 is 0 Å². The highest BCUT2D eigenvalue weighted by Gasteiger charge is 2.43. The van der Waals surface area contributed by atoms with Gasteiger partial charge in [-0.3, -0.25) is 4.79 Å². The minimum absolute atomic E-state index is 0.0163. The second kappa shape index (κ2) is 5.04. The van der Waals surface area contributed by atoms with Crippen LogP contribution in [0.2, 0.25) is 0 Å². The van der Waals surface area contributed by atoms with E-state index in [1.54, 1.807) is 18.3 Å². The SMILES string of the molecule is Cc1ccnc(NC(=O)C2CC2c2ccc(F)cc2)c1. The third-order valence-electron chi connectivity index (χ3n) is 3.59. The monoisotopic (exact) mass is 270 g/mol. The lowest BCUT2D eigenvalue weighted by Crippen LogP contribution is -2.15. The molecule has 102 valence electrons. The topological polar surface area (TPSA) is 42.0 Å². The fourth-order valence-electron chi connectivity index (χ4n) is 2.39. The van der Waals surface area contributed by atoms with Gasteiger partial charge in [-0.05, 0) is 54.7 Å². The van der Waals surface area contributed by atoms with Crippen LogP contribution in [0.5, 0.6) is 0 Å². The van der Waals surface area contributed by atoms with Gasteiger partial charge < -0.3 is 5.32 Å². The van der Waals surface area contributed by atoms with E-state index in [4.69, 9.17) is 0 Å². The minimum Gasteiger partial charge on any atom is -0.310 e. The second-order valence-electron chi connectivity index (χ2n) is 5.21. The van der Waals surface area contributed by atoms with E-state index in [1.165, 1.54) is 12.1 Å². The van der Waals surface area contributed by atoms with Gasteiger partial charge in [-0.1, -0.05) is 12.1 Å². The summed E-state index contributed by atoms with van der Waals surface area (Å²) in [4.78, 5) is 16.2. The molecule has 1 saturated carbocycles. The summed E-state index contributed by atoms with van der Waals surface area (Å²) in [6.07, 6.45) is 2.48. The Morgan fingerprint density at radius 2 is 2.05 bits per heavy atom. The first-order valence-corrected chi connectivity index (χ1v) is 6.62. The first-order chi connectivity index (χ1) is 9.63. The van der Waals surface area contributed by atoms with Gasteiger partial charge in [0.05, 0.1) is 0 Å². The van der Waals surface area contributed by atoms with Crippen molar-refractivity contribution in [3.63, 3.8) is 0 Å². The standard InChI is InChI=1S/C16H15FN2O/c1-10-6-7-18-15(8-10)19-16(20)14-9-13(14)11-2-4-12(17)5-3-11/h2-8,13-14H,9H2,1H3,(H,18,19,20). The Morgan fingerprint density at radius 3 is 2.75 bits per heavy atom. The number of rotatable bonds is 3. The normalized spacial score (nSPS) is 20.5. The van der Waals surface area contributed by atoms with Gasteiger partial charge in [0.15, 0.2) is 0 Å². The van der Waals surface area contributed by atoms with Crippen molar-refractivity contribution in [2.75, 3.05) is 5.32 Å². The molecule has 1 heterocycles. The molecule has 1 aromatic heterocycles. The van der Waals surface area contributed by atoms with Gasteiger partial charge in [-0.2, -0.15) is 0 Å². The molecule has 0 aliphatic heterocycles. The minimum atomic E-state index is -0.251. The number of benzene rings is 1. The lowest BCUT2D eigenvalue weighted by atomic mass is 10.1. The van der Waals surface area contributed by atoms with E-state index in [9.17, 15) is 9.18 Å². The van der Waals surface area contributed by atoms with Crippen molar-refractivity contribution in [3.8, 4) is 0 Å². The van der Waals surface area contributed by atoms with Crippen LogP contribution in [0, 0.1) is 18.7 Å². The van der Waals surface area contributed by atoms with Crippen LogP contribution in [0.1, 0.15) is 23.5 Å². The maximum Gasteiger partial charge on any atom is 0.229 e. The Hall–Kier alpha value is -2.23. The van der Waals surface area contributed by atoms with Crippen molar-refractivity contribution >= 4 is 11.7 Å². The molecule has 1 aromatic carbocycles. The van der Waals surface area contributed by atoms with Crippen molar-refractivity contribution in [1.29, 1.82) is 0 Å². The van der Waals surface area contributed by atoms with Gasteiger partial charge in [-0.25, -0.2) is 9.37 Å². The Labute approximate surface area is 116 Å². The lowest BCUT2D eigenvalue weighted by molar-refractivity contribution is -0.117. The summed E-state index contributed by atoms with van der Waals surface area (Å²) in [5.74, 6) is 0.472. The van der Waals surface area contributed by atoms with E-state index in [2.05, 4.69) is 10.3 Å². The third kappa shape index (κ3) is 2.69. The van der Waals surface area contributed by atoms with E-state index in [-0.39, 0.29) is 23.6 Å². The van der Waals surface area contributed by atoms with Crippen LogP contribution in [0.3, 0.4) is 0 Å². The molecule has 2 unspecified atom stereocenters. The maximum absolute atomic E-state index is 12.9. The van der Waals surface area contributed by atoms with Crippen molar-refractivity contribution in [2.24, 2.45) is 5.92 Å². The molecule has 2 atom stereocenters.